The van der Waals surface area contributed by atoms with E-state index in [0.717, 1.165) is 43.1 Å². The smallest absolute Gasteiger partial charge is 0.0733 e. The molecule has 3 unspecified atom stereocenters. The summed E-state index contributed by atoms with van der Waals surface area (Å²) in [7, 11) is 0. The summed E-state index contributed by atoms with van der Waals surface area (Å²) in [6.07, 6.45) is 12.0. The average Bonchev–Trinajstić information content (AvgIpc) is 3.14. The van der Waals surface area contributed by atoms with E-state index < -0.39 is 0 Å². The fourth-order valence-electron chi connectivity index (χ4n) is 4.51. The van der Waals surface area contributed by atoms with Crippen LogP contribution in [0.3, 0.4) is 0 Å². The molecule has 4 heteroatoms. The Morgan fingerprint density at radius 2 is 1.75 bits per heavy atom. The number of likely N-dealkylation sites (tertiary alicyclic amines) is 2. The molecular formula is C20H34N4. The summed E-state index contributed by atoms with van der Waals surface area (Å²) >= 11 is 0. The summed E-state index contributed by atoms with van der Waals surface area (Å²) in [4.78, 5) is 13.8. The predicted molar refractivity (Wildman–Crippen MR) is 103 cm³/mol. The zero-order valence-corrected chi connectivity index (χ0v) is 15.4. The van der Waals surface area contributed by atoms with Crippen LogP contribution < -0.4 is 0 Å². The van der Waals surface area contributed by atoms with Crippen molar-refractivity contribution in [3.05, 3.63) is 11.9 Å². The van der Waals surface area contributed by atoms with Crippen LogP contribution in [0.5, 0.6) is 0 Å². The van der Waals surface area contributed by atoms with Gasteiger partial charge in [0.05, 0.1) is 11.9 Å². The van der Waals surface area contributed by atoms with Gasteiger partial charge in [0.2, 0.25) is 0 Å². The van der Waals surface area contributed by atoms with Crippen molar-refractivity contribution in [2.75, 3.05) is 39.3 Å². The number of nitrogens with zero attached hydrogens (tertiary/aromatic N) is 4. The van der Waals surface area contributed by atoms with Gasteiger partial charge in [-0.1, -0.05) is 13.3 Å². The van der Waals surface area contributed by atoms with Gasteiger partial charge in [0.1, 0.15) is 0 Å². The van der Waals surface area contributed by atoms with Gasteiger partial charge >= 0.3 is 0 Å². The van der Waals surface area contributed by atoms with Crippen LogP contribution in [0.2, 0.25) is 0 Å². The Hall–Kier alpha value is -1.16. The normalized spacial score (nSPS) is 32.3. The van der Waals surface area contributed by atoms with Crippen LogP contribution >= 0.6 is 0 Å². The first-order valence-electron chi connectivity index (χ1n) is 9.91. The fraction of sp³-hybridized carbons (Fsp3) is 0.800. The lowest BCUT2D eigenvalue weighted by Gasteiger charge is -2.45. The number of piperidine rings is 1. The highest BCUT2D eigenvalue weighted by Crippen LogP contribution is 2.41. The van der Waals surface area contributed by atoms with Crippen molar-refractivity contribution in [1.82, 2.24) is 9.80 Å². The van der Waals surface area contributed by atoms with Crippen molar-refractivity contribution in [2.24, 2.45) is 27.7 Å². The number of allylic oxidation sites excluding steroid dienone is 1. The van der Waals surface area contributed by atoms with Gasteiger partial charge in [-0.2, -0.15) is 0 Å². The first-order chi connectivity index (χ1) is 11.8. The third-order valence-electron chi connectivity index (χ3n) is 6.29. The number of hydrogen-bond donors (Lipinski definition) is 0. The highest BCUT2D eigenvalue weighted by molar-refractivity contribution is 5.77. The third kappa shape index (κ3) is 4.47. The summed E-state index contributed by atoms with van der Waals surface area (Å²) in [6, 6.07) is 0. The summed E-state index contributed by atoms with van der Waals surface area (Å²) in [5, 5.41) is 0. The van der Waals surface area contributed by atoms with Crippen molar-refractivity contribution in [3.8, 4) is 0 Å². The van der Waals surface area contributed by atoms with Crippen molar-refractivity contribution in [3.63, 3.8) is 0 Å². The quantitative estimate of drug-likeness (QED) is 0.670. The molecule has 0 bridgehead atoms. The first-order valence-corrected chi connectivity index (χ1v) is 9.91. The molecule has 2 heterocycles. The average molecular weight is 331 g/mol. The fourth-order valence-corrected chi connectivity index (χ4v) is 4.51. The molecule has 1 aliphatic carbocycles. The highest BCUT2D eigenvalue weighted by Gasteiger charge is 2.38. The Kier molecular flexibility index (Phi) is 6.47. The zero-order valence-electron chi connectivity index (χ0n) is 15.4. The Bertz CT molecular complexity index is 458. The minimum atomic E-state index is 0.771. The van der Waals surface area contributed by atoms with E-state index in [1.165, 1.54) is 58.2 Å². The van der Waals surface area contributed by atoms with Crippen molar-refractivity contribution < 1.29 is 0 Å². The van der Waals surface area contributed by atoms with Crippen LogP contribution in [-0.4, -0.2) is 62.0 Å². The lowest BCUT2D eigenvalue weighted by atomic mass is 9.65. The van der Waals surface area contributed by atoms with Gasteiger partial charge in [-0.3, -0.25) is 9.98 Å². The van der Waals surface area contributed by atoms with Gasteiger partial charge in [-0.25, -0.2) is 0 Å². The van der Waals surface area contributed by atoms with Crippen LogP contribution in [0.4, 0.5) is 0 Å². The van der Waals surface area contributed by atoms with Crippen LogP contribution in [0, 0.1) is 17.8 Å². The number of rotatable bonds is 7. The van der Waals surface area contributed by atoms with Crippen molar-refractivity contribution in [2.45, 2.75) is 45.4 Å². The molecule has 134 valence electrons. The van der Waals surface area contributed by atoms with Crippen LogP contribution in [0.15, 0.2) is 21.9 Å². The number of aliphatic imine (C=N–C) groups is 2. The molecule has 24 heavy (non-hydrogen) atoms. The lowest BCUT2D eigenvalue weighted by Crippen LogP contribution is -2.45. The molecule has 3 atom stereocenters. The second kappa shape index (κ2) is 8.80. The molecule has 0 aromatic heterocycles. The van der Waals surface area contributed by atoms with E-state index in [4.69, 9.17) is 4.99 Å². The van der Waals surface area contributed by atoms with Crippen molar-refractivity contribution >= 4 is 12.9 Å². The zero-order chi connectivity index (χ0) is 16.8. The molecule has 2 saturated heterocycles. The second-order valence-corrected chi connectivity index (χ2v) is 7.90. The molecule has 2 aliphatic heterocycles. The molecule has 0 spiro atoms. The van der Waals surface area contributed by atoms with Gasteiger partial charge in [0.25, 0.3) is 0 Å². The maximum atomic E-state index is 4.75. The van der Waals surface area contributed by atoms with Gasteiger partial charge in [0, 0.05) is 32.4 Å². The highest BCUT2D eigenvalue weighted by atomic mass is 15.2. The van der Waals surface area contributed by atoms with E-state index in [9.17, 15) is 0 Å². The van der Waals surface area contributed by atoms with Crippen molar-refractivity contribution in [1.29, 1.82) is 0 Å². The standard InChI is InChI=1S/C20H34N4/c1-17-18(12-19(17)16-23-8-4-3-5-9-23)13-22-15-20(14-21-2)24-10-6-7-11-24/h14-15,17-19H,2-13,16H2,1H3/b20-14+,22-15-. The van der Waals surface area contributed by atoms with E-state index >= 15 is 0 Å². The van der Waals surface area contributed by atoms with Crippen LogP contribution in [0.1, 0.15) is 45.4 Å². The van der Waals surface area contributed by atoms with Gasteiger partial charge in [-0.15, -0.1) is 0 Å². The topological polar surface area (TPSA) is 31.2 Å². The minimum absolute atomic E-state index is 0.771. The molecule has 0 aromatic carbocycles. The maximum Gasteiger partial charge on any atom is 0.0733 e. The Labute approximate surface area is 147 Å². The maximum absolute atomic E-state index is 4.75. The summed E-state index contributed by atoms with van der Waals surface area (Å²) in [5.41, 5.74) is 1.14. The van der Waals surface area contributed by atoms with E-state index in [1.807, 2.05) is 12.4 Å². The molecule has 0 radical (unpaired) electrons. The largest absolute Gasteiger partial charge is 0.369 e. The Balaban J connectivity index is 1.41. The van der Waals surface area contributed by atoms with E-state index in [0.29, 0.717) is 0 Å². The van der Waals surface area contributed by atoms with Gasteiger partial charge in [0.15, 0.2) is 0 Å². The minimum Gasteiger partial charge on any atom is -0.369 e. The number of hydrogen-bond acceptors (Lipinski definition) is 4. The molecule has 1 saturated carbocycles. The van der Waals surface area contributed by atoms with E-state index in [-0.39, 0.29) is 0 Å². The molecule has 3 fully saturated rings. The Morgan fingerprint density at radius 3 is 2.42 bits per heavy atom. The lowest BCUT2D eigenvalue weighted by molar-refractivity contribution is 0.0495. The third-order valence-corrected chi connectivity index (χ3v) is 6.29. The molecule has 0 aromatic rings. The van der Waals surface area contributed by atoms with Crippen LogP contribution in [-0.2, 0) is 0 Å². The molecule has 3 rings (SSSR count). The second-order valence-electron chi connectivity index (χ2n) is 7.90. The molecule has 4 nitrogen and oxygen atoms in total. The van der Waals surface area contributed by atoms with Gasteiger partial charge < -0.3 is 9.80 Å². The van der Waals surface area contributed by atoms with E-state index in [2.05, 4.69) is 28.4 Å². The summed E-state index contributed by atoms with van der Waals surface area (Å²) < 4.78 is 0. The monoisotopic (exact) mass is 330 g/mol. The van der Waals surface area contributed by atoms with Crippen LogP contribution in [0.25, 0.3) is 0 Å². The first kappa shape index (κ1) is 17.7. The SMILES string of the molecule is C=N/C=C(\C=N/CC1CC(CN2CCCCC2)C1C)N1CCCC1. The molecule has 0 amide bonds. The van der Waals surface area contributed by atoms with E-state index in [1.54, 1.807) is 0 Å². The summed E-state index contributed by atoms with van der Waals surface area (Å²) in [6.45, 7) is 13.2. The van der Waals surface area contributed by atoms with Gasteiger partial charge in [-0.05, 0) is 69.7 Å². The summed E-state index contributed by atoms with van der Waals surface area (Å²) in [5.74, 6) is 2.49. The molecule has 0 N–H and O–H groups in total. The molecular weight excluding hydrogens is 296 g/mol. The Morgan fingerprint density at radius 1 is 1.04 bits per heavy atom. The predicted octanol–water partition coefficient (Wildman–Crippen LogP) is 3.45. The molecule has 3 aliphatic rings.